The van der Waals surface area contributed by atoms with E-state index in [1.165, 1.54) is 10.8 Å². The van der Waals surface area contributed by atoms with E-state index >= 15 is 0 Å². The number of hydrogen-bond acceptors (Lipinski definition) is 3. The van der Waals surface area contributed by atoms with Gasteiger partial charge in [-0.3, -0.25) is 14.2 Å². The molecule has 2 rings (SSSR count). The maximum Gasteiger partial charge on any atom is 0.372 e. The van der Waals surface area contributed by atoms with Crippen molar-refractivity contribution in [2.75, 3.05) is 0 Å². The van der Waals surface area contributed by atoms with Crippen LogP contribution in [0.25, 0.3) is 10.9 Å². The molecule has 0 aliphatic rings. The van der Waals surface area contributed by atoms with E-state index in [1.807, 2.05) is 12.1 Å². The summed E-state index contributed by atoms with van der Waals surface area (Å²) in [6.45, 7) is 0. The van der Waals surface area contributed by atoms with Crippen LogP contribution in [0.15, 0.2) is 36.5 Å². The molecule has 0 amide bonds. The van der Waals surface area contributed by atoms with Gasteiger partial charge in [0.05, 0.1) is 11.9 Å². The van der Waals surface area contributed by atoms with Gasteiger partial charge < -0.3 is 5.11 Å². The first-order valence-corrected chi connectivity index (χ1v) is 4.95. The number of carbonyl (C=O) groups excluding carboxylic acids is 2. The number of para-hydroxylation sites is 1. The van der Waals surface area contributed by atoms with Crippen molar-refractivity contribution in [2.24, 2.45) is 0 Å². The summed E-state index contributed by atoms with van der Waals surface area (Å²) in [5, 5.41) is 9.30. The first-order chi connectivity index (χ1) is 8.09. The molecule has 0 bridgehead atoms. The van der Waals surface area contributed by atoms with Crippen molar-refractivity contribution in [3.8, 4) is 0 Å². The lowest BCUT2D eigenvalue weighted by atomic mass is 10.2. The summed E-state index contributed by atoms with van der Waals surface area (Å²) in [6, 6.07) is 8.90. The third kappa shape index (κ3) is 2.08. The van der Waals surface area contributed by atoms with Gasteiger partial charge in [0.2, 0.25) is 11.7 Å². The zero-order valence-corrected chi connectivity index (χ0v) is 8.79. The molecule has 1 aromatic carbocycles. The highest BCUT2D eigenvalue weighted by atomic mass is 16.4. The lowest BCUT2D eigenvalue weighted by molar-refractivity contribution is -0.148. The van der Waals surface area contributed by atoms with Gasteiger partial charge in [0.25, 0.3) is 0 Å². The third-order valence-electron chi connectivity index (χ3n) is 2.42. The Morgan fingerprint density at radius 1 is 1.12 bits per heavy atom. The molecular weight excluding hydrogens is 222 g/mol. The molecule has 0 aliphatic heterocycles. The molecular formula is C12H9NO4. The SMILES string of the molecule is O=C(O)C(=O)CC(=O)n1ccc2ccccc21. The van der Waals surface area contributed by atoms with Crippen LogP contribution in [0.1, 0.15) is 11.2 Å². The predicted octanol–water partition coefficient (Wildman–Crippen LogP) is 1.33. The molecule has 2 aromatic rings. The number of hydrogen-bond donors (Lipinski definition) is 1. The van der Waals surface area contributed by atoms with E-state index in [-0.39, 0.29) is 0 Å². The molecule has 5 heteroatoms. The molecule has 0 spiro atoms. The zero-order chi connectivity index (χ0) is 12.4. The molecule has 0 saturated heterocycles. The Kier molecular flexibility index (Phi) is 2.74. The Balaban J connectivity index is 2.31. The first kappa shape index (κ1) is 11.1. The minimum absolute atomic E-state index is 0.543. The number of rotatable bonds is 3. The highest BCUT2D eigenvalue weighted by Crippen LogP contribution is 2.15. The van der Waals surface area contributed by atoms with E-state index in [4.69, 9.17) is 5.11 Å². The molecule has 17 heavy (non-hydrogen) atoms. The van der Waals surface area contributed by atoms with Crippen LogP contribution in [0, 0.1) is 0 Å². The number of benzene rings is 1. The Labute approximate surface area is 96.3 Å². The fourth-order valence-electron chi connectivity index (χ4n) is 1.60. The number of aliphatic carboxylic acids is 1. The summed E-state index contributed by atoms with van der Waals surface area (Å²) in [4.78, 5) is 33.0. The summed E-state index contributed by atoms with van der Waals surface area (Å²) in [7, 11) is 0. The Bertz CT molecular complexity index is 612. The molecule has 1 N–H and O–H groups in total. The maximum atomic E-state index is 11.7. The topological polar surface area (TPSA) is 76.4 Å². The van der Waals surface area contributed by atoms with Crippen LogP contribution in [0.2, 0.25) is 0 Å². The van der Waals surface area contributed by atoms with E-state index in [9.17, 15) is 14.4 Å². The predicted molar refractivity (Wildman–Crippen MR) is 59.8 cm³/mol. The molecule has 5 nitrogen and oxygen atoms in total. The van der Waals surface area contributed by atoms with Crippen LogP contribution in [0.3, 0.4) is 0 Å². The molecule has 1 heterocycles. The smallest absolute Gasteiger partial charge is 0.372 e. The van der Waals surface area contributed by atoms with Crippen molar-refractivity contribution in [3.05, 3.63) is 36.5 Å². The van der Waals surface area contributed by atoms with Gasteiger partial charge in [-0.25, -0.2) is 4.79 Å². The molecule has 0 atom stereocenters. The lowest BCUT2D eigenvalue weighted by Gasteiger charge is -2.01. The van der Waals surface area contributed by atoms with Crippen LogP contribution in [-0.2, 0) is 9.59 Å². The van der Waals surface area contributed by atoms with E-state index in [2.05, 4.69) is 0 Å². The number of carboxylic acid groups (broad SMARTS) is 1. The highest BCUT2D eigenvalue weighted by molar-refractivity contribution is 6.36. The highest BCUT2D eigenvalue weighted by Gasteiger charge is 2.18. The summed E-state index contributed by atoms with van der Waals surface area (Å²) in [5.41, 5.74) is 0.663. The van der Waals surface area contributed by atoms with Gasteiger partial charge in [0.15, 0.2) is 0 Å². The van der Waals surface area contributed by atoms with Crippen molar-refractivity contribution in [1.82, 2.24) is 4.57 Å². The summed E-state index contributed by atoms with van der Waals surface area (Å²) < 4.78 is 1.29. The molecule has 0 saturated carbocycles. The van der Waals surface area contributed by atoms with E-state index < -0.39 is 24.1 Å². The number of aromatic nitrogens is 1. The van der Waals surface area contributed by atoms with Crippen LogP contribution in [0.4, 0.5) is 0 Å². The fraction of sp³-hybridized carbons (Fsp3) is 0.0833. The molecule has 0 radical (unpaired) electrons. The summed E-state index contributed by atoms with van der Waals surface area (Å²) in [6.07, 6.45) is 0.899. The van der Waals surface area contributed by atoms with Crippen molar-refractivity contribution in [3.63, 3.8) is 0 Å². The zero-order valence-electron chi connectivity index (χ0n) is 8.79. The molecule has 0 aliphatic carbocycles. The normalized spacial score (nSPS) is 10.4. The van der Waals surface area contributed by atoms with Crippen LogP contribution in [-0.4, -0.2) is 27.3 Å². The van der Waals surface area contributed by atoms with Crippen molar-refractivity contribution < 1.29 is 19.5 Å². The van der Waals surface area contributed by atoms with Gasteiger partial charge in [-0.15, -0.1) is 0 Å². The van der Waals surface area contributed by atoms with E-state index in [1.54, 1.807) is 18.2 Å². The number of carboxylic acids is 1. The minimum atomic E-state index is -1.59. The van der Waals surface area contributed by atoms with Crippen molar-refractivity contribution >= 4 is 28.6 Å². The van der Waals surface area contributed by atoms with Crippen LogP contribution < -0.4 is 0 Å². The Morgan fingerprint density at radius 3 is 2.53 bits per heavy atom. The summed E-state index contributed by atoms with van der Waals surface area (Å²) >= 11 is 0. The monoisotopic (exact) mass is 231 g/mol. The van der Waals surface area contributed by atoms with Gasteiger partial charge in [0.1, 0.15) is 0 Å². The van der Waals surface area contributed by atoms with Crippen molar-refractivity contribution in [1.29, 1.82) is 0 Å². The Morgan fingerprint density at radius 2 is 1.82 bits per heavy atom. The average molecular weight is 231 g/mol. The van der Waals surface area contributed by atoms with Crippen LogP contribution in [0.5, 0.6) is 0 Å². The van der Waals surface area contributed by atoms with Gasteiger partial charge in [-0.05, 0) is 12.1 Å². The first-order valence-electron chi connectivity index (χ1n) is 4.95. The van der Waals surface area contributed by atoms with E-state index in [0.717, 1.165) is 5.39 Å². The number of Topliss-reactive ketones (excluding diaryl/α,β-unsaturated/α-hetero) is 1. The quantitative estimate of drug-likeness (QED) is 0.638. The summed E-state index contributed by atoms with van der Waals surface area (Å²) in [5.74, 6) is -3.24. The molecule has 1 aromatic heterocycles. The van der Waals surface area contributed by atoms with Gasteiger partial charge >= 0.3 is 5.97 Å². The second-order valence-corrected chi connectivity index (χ2v) is 3.54. The van der Waals surface area contributed by atoms with Crippen LogP contribution >= 0.6 is 0 Å². The standard InChI is InChI=1S/C12H9NO4/c14-10(12(16)17)7-11(15)13-6-5-8-3-1-2-4-9(8)13/h1-6H,7H2,(H,16,17). The largest absolute Gasteiger partial charge is 0.475 e. The van der Waals surface area contributed by atoms with Gasteiger partial charge in [-0.1, -0.05) is 18.2 Å². The molecule has 0 fully saturated rings. The second kappa shape index (κ2) is 4.21. The maximum absolute atomic E-state index is 11.7. The average Bonchev–Trinajstić information content (AvgIpc) is 2.72. The minimum Gasteiger partial charge on any atom is -0.475 e. The van der Waals surface area contributed by atoms with Gasteiger partial charge in [-0.2, -0.15) is 0 Å². The second-order valence-electron chi connectivity index (χ2n) is 3.54. The number of carbonyl (C=O) groups is 3. The number of nitrogens with zero attached hydrogens (tertiary/aromatic N) is 1. The number of fused-ring (bicyclic) bond motifs is 1. The fourth-order valence-corrected chi connectivity index (χ4v) is 1.60. The Hall–Kier alpha value is -2.43. The number of ketones is 1. The van der Waals surface area contributed by atoms with Crippen molar-refractivity contribution in [2.45, 2.75) is 6.42 Å². The molecule has 0 unspecified atom stereocenters. The third-order valence-corrected chi connectivity index (χ3v) is 2.42. The van der Waals surface area contributed by atoms with E-state index in [0.29, 0.717) is 5.52 Å². The lowest BCUT2D eigenvalue weighted by Crippen LogP contribution is -2.20. The molecule has 86 valence electrons. The van der Waals surface area contributed by atoms with Gasteiger partial charge in [0, 0.05) is 11.6 Å².